The van der Waals surface area contributed by atoms with Gasteiger partial charge in [0.2, 0.25) is 0 Å². The molecule has 0 amide bonds. The van der Waals surface area contributed by atoms with Gasteiger partial charge in [0.1, 0.15) is 12.2 Å². The Labute approximate surface area is 173 Å². The van der Waals surface area contributed by atoms with Crippen molar-refractivity contribution in [3.05, 3.63) is 60.7 Å². The van der Waals surface area contributed by atoms with Crippen LogP contribution >= 0.6 is 0 Å². The summed E-state index contributed by atoms with van der Waals surface area (Å²) in [5, 5.41) is 14.9. The van der Waals surface area contributed by atoms with E-state index in [0.29, 0.717) is 12.6 Å². The molecule has 0 aliphatic carbocycles. The summed E-state index contributed by atoms with van der Waals surface area (Å²) in [4.78, 5) is 7.46. The van der Waals surface area contributed by atoms with Gasteiger partial charge in [0.25, 0.3) is 0 Å². The van der Waals surface area contributed by atoms with Crippen LogP contribution in [0.2, 0.25) is 0 Å². The predicted octanol–water partition coefficient (Wildman–Crippen LogP) is 2.40. The van der Waals surface area contributed by atoms with Gasteiger partial charge in [0.15, 0.2) is 5.96 Å². The van der Waals surface area contributed by atoms with Crippen molar-refractivity contribution in [2.75, 3.05) is 32.7 Å². The Morgan fingerprint density at radius 1 is 1.24 bits per heavy atom. The molecule has 2 heterocycles. The minimum absolute atomic E-state index is 0.311. The maximum absolute atomic E-state index is 4.91. The third-order valence-corrected chi connectivity index (χ3v) is 5.26. The molecule has 1 aromatic carbocycles. The van der Waals surface area contributed by atoms with Gasteiger partial charge in [-0.2, -0.15) is 0 Å². The molecular weight excluding hydrogens is 362 g/mol. The number of guanidine groups is 1. The molecule has 1 aliphatic rings. The molecule has 0 spiro atoms. The lowest BCUT2D eigenvalue weighted by Gasteiger charge is -2.27. The minimum Gasteiger partial charge on any atom is -0.355 e. The van der Waals surface area contributed by atoms with Crippen LogP contribution in [0.25, 0.3) is 0 Å². The van der Waals surface area contributed by atoms with Crippen LogP contribution in [0.1, 0.15) is 37.2 Å². The normalized spacial score (nSPS) is 16.0. The second-order valence-corrected chi connectivity index (χ2v) is 7.25. The summed E-state index contributed by atoms with van der Waals surface area (Å²) < 4.78 is 2.08. The Morgan fingerprint density at radius 3 is 2.76 bits per heavy atom. The number of nitrogens with zero attached hydrogens (tertiary/aromatic N) is 5. The van der Waals surface area contributed by atoms with Crippen LogP contribution in [0.3, 0.4) is 0 Å². The molecule has 29 heavy (non-hydrogen) atoms. The summed E-state index contributed by atoms with van der Waals surface area (Å²) in [6.07, 6.45) is 7.05. The van der Waals surface area contributed by atoms with Crippen LogP contribution in [0.5, 0.6) is 0 Å². The molecular formula is C22H33N7. The van der Waals surface area contributed by atoms with E-state index in [1.54, 1.807) is 6.33 Å². The third kappa shape index (κ3) is 6.15. The van der Waals surface area contributed by atoms with Gasteiger partial charge >= 0.3 is 0 Å². The van der Waals surface area contributed by atoms with E-state index in [0.717, 1.165) is 50.9 Å². The first kappa shape index (κ1) is 21.0. The summed E-state index contributed by atoms with van der Waals surface area (Å²) in [5.74, 6) is 1.82. The fourth-order valence-electron chi connectivity index (χ4n) is 3.72. The zero-order valence-corrected chi connectivity index (χ0v) is 17.4. The number of benzene rings is 1. The van der Waals surface area contributed by atoms with E-state index in [4.69, 9.17) is 4.99 Å². The van der Waals surface area contributed by atoms with E-state index >= 15 is 0 Å². The topological polar surface area (TPSA) is 70.4 Å². The molecule has 0 radical (unpaired) electrons. The Morgan fingerprint density at radius 2 is 2.03 bits per heavy atom. The molecule has 1 aromatic heterocycles. The van der Waals surface area contributed by atoms with E-state index in [2.05, 4.69) is 74.1 Å². The van der Waals surface area contributed by atoms with Crippen LogP contribution in [0, 0.1) is 0 Å². The highest BCUT2D eigenvalue weighted by Gasteiger charge is 2.23. The SMILES string of the molecule is C=CCNC(=NCC(c1ccccc1)N1CCCC1)NCCn1cnnc1CC. The standard InChI is InChI=1S/C22H33N7/c1-3-12-23-22(24-13-16-29-18-26-27-21(29)4-2)25-17-20(28-14-8-9-15-28)19-10-6-5-7-11-19/h3,5-7,10-11,18,20H,1,4,8-9,12-17H2,2H3,(H2,23,24,25). The second-order valence-electron chi connectivity index (χ2n) is 7.25. The second kappa shape index (κ2) is 11.4. The van der Waals surface area contributed by atoms with Gasteiger partial charge in [-0.1, -0.05) is 43.3 Å². The number of likely N-dealkylation sites (tertiary alicyclic amines) is 1. The fourth-order valence-corrected chi connectivity index (χ4v) is 3.72. The smallest absolute Gasteiger partial charge is 0.191 e. The number of aryl methyl sites for hydroxylation is 1. The predicted molar refractivity (Wildman–Crippen MR) is 118 cm³/mol. The molecule has 3 rings (SSSR count). The number of nitrogens with one attached hydrogen (secondary N) is 2. The van der Waals surface area contributed by atoms with Crippen LogP contribution in [-0.2, 0) is 13.0 Å². The van der Waals surface area contributed by atoms with Crippen LogP contribution in [0.15, 0.2) is 54.3 Å². The Hall–Kier alpha value is -2.67. The largest absolute Gasteiger partial charge is 0.355 e. The van der Waals surface area contributed by atoms with Gasteiger partial charge in [-0.15, -0.1) is 16.8 Å². The third-order valence-electron chi connectivity index (χ3n) is 5.26. The summed E-state index contributed by atoms with van der Waals surface area (Å²) in [5.41, 5.74) is 1.33. The molecule has 1 atom stereocenters. The van der Waals surface area contributed by atoms with Crippen molar-refractivity contribution >= 4 is 5.96 Å². The fraction of sp³-hybridized carbons (Fsp3) is 0.500. The average Bonchev–Trinajstić information content (AvgIpc) is 3.44. The Balaban J connectivity index is 1.64. The van der Waals surface area contributed by atoms with Gasteiger partial charge in [-0.3, -0.25) is 9.89 Å². The molecule has 156 valence electrons. The number of hydrogen-bond donors (Lipinski definition) is 2. The Kier molecular flexibility index (Phi) is 8.25. The zero-order valence-electron chi connectivity index (χ0n) is 17.4. The van der Waals surface area contributed by atoms with Crippen molar-refractivity contribution < 1.29 is 0 Å². The first-order chi connectivity index (χ1) is 14.3. The highest BCUT2D eigenvalue weighted by molar-refractivity contribution is 5.79. The van der Waals surface area contributed by atoms with Crippen molar-refractivity contribution in [2.45, 2.75) is 38.8 Å². The lowest BCUT2D eigenvalue weighted by molar-refractivity contribution is 0.251. The van der Waals surface area contributed by atoms with Crippen LogP contribution in [0.4, 0.5) is 0 Å². The van der Waals surface area contributed by atoms with E-state index < -0.39 is 0 Å². The Bertz CT molecular complexity index is 762. The average molecular weight is 396 g/mol. The molecule has 1 fully saturated rings. The molecule has 2 aromatic rings. The maximum Gasteiger partial charge on any atom is 0.191 e. The molecule has 0 saturated carbocycles. The molecule has 1 saturated heterocycles. The van der Waals surface area contributed by atoms with Crippen LogP contribution < -0.4 is 10.6 Å². The van der Waals surface area contributed by atoms with Crippen molar-refractivity contribution in [2.24, 2.45) is 4.99 Å². The van der Waals surface area contributed by atoms with Gasteiger partial charge in [0, 0.05) is 26.1 Å². The van der Waals surface area contributed by atoms with E-state index in [-0.39, 0.29) is 0 Å². The van der Waals surface area contributed by atoms with Crippen molar-refractivity contribution in [3.63, 3.8) is 0 Å². The molecule has 1 aliphatic heterocycles. The maximum atomic E-state index is 4.91. The van der Waals surface area contributed by atoms with Gasteiger partial charge in [-0.25, -0.2) is 0 Å². The van der Waals surface area contributed by atoms with Crippen LogP contribution in [-0.4, -0.2) is 58.3 Å². The number of aromatic nitrogens is 3. The van der Waals surface area contributed by atoms with Crippen molar-refractivity contribution in [1.82, 2.24) is 30.3 Å². The molecule has 1 unspecified atom stereocenters. The van der Waals surface area contributed by atoms with Crippen molar-refractivity contribution in [1.29, 1.82) is 0 Å². The van der Waals surface area contributed by atoms with Crippen molar-refractivity contribution in [3.8, 4) is 0 Å². The van der Waals surface area contributed by atoms with Gasteiger partial charge in [0.05, 0.1) is 12.6 Å². The van der Waals surface area contributed by atoms with E-state index in [1.807, 2.05) is 6.08 Å². The minimum atomic E-state index is 0.311. The first-order valence-electron chi connectivity index (χ1n) is 10.6. The summed E-state index contributed by atoms with van der Waals surface area (Å²) in [7, 11) is 0. The van der Waals surface area contributed by atoms with E-state index in [9.17, 15) is 0 Å². The van der Waals surface area contributed by atoms with Gasteiger partial charge < -0.3 is 15.2 Å². The molecule has 7 heteroatoms. The number of rotatable bonds is 10. The highest BCUT2D eigenvalue weighted by Crippen LogP contribution is 2.25. The molecule has 0 bridgehead atoms. The summed E-state index contributed by atoms with van der Waals surface area (Å²) in [6, 6.07) is 11.0. The molecule has 7 nitrogen and oxygen atoms in total. The summed E-state index contributed by atoms with van der Waals surface area (Å²) in [6.45, 7) is 11.2. The molecule has 2 N–H and O–H groups in total. The zero-order chi connectivity index (χ0) is 20.3. The van der Waals surface area contributed by atoms with E-state index in [1.165, 1.54) is 18.4 Å². The lowest BCUT2D eigenvalue weighted by Crippen LogP contribution is -2.40. The highest BCUT2D eigenvalue weighted by atomic mass is 15.3. The number of aliphatic imine (C=N–C) groups is 1. The first-order valence-corrected chi connectivity index (χ1v) is 10.6. The lowest BCUT2D eigenvalue weighted by atomic mass is 10.1. The quantitative estimate of drug-likeness (QED) is 0.367. The monoisotopic (exact) mass is 395 g/mol. The summed E-state index contributed by atoms with van der Waals surface area (Å²) >= 11 is 0. The number of hydrogen-bond acceptors (Lipinski definition) is 4. The van der Waals surface area contributed by atoms with Gasteiger partial charge in [-0.05, 0) is 31.5 Å².